The second kappa shape index (κ2) is 36.5. The van der Waals surface area contributed by atoms with Crippen molar-refractivity contribution < 1.29 is 57.6 Å². The Labute approximate surface area is 450 Å². The number of carbonyl (C=O) groups is 1. The number of aryl methyl sites for hydroxylation is 2. The van der Waals surface area contributed by atoms with Crippen LogP contribution in [0.2, 0.25) is 0 Å². The van der Waals surface area contributed by atoms with E-state index in [-0.39, 0.29) is 64.8 Å². The predicted octanol–water partition coefficient (Wildman–Crippen LogP) is 11.0. The van der Waals surface area contributed by atoms with Gasteiger partial charge in [-0.2, -0.15) is 28.8 Å². The molecule has 0 radical (unpaired) electrons. The summed E-state index contributed by atoms with van der Waals surface area (Å²) in [5.41, 5.74) is 31.3. The van der Waals surface area contributed by atoms with Crippen LogP contribution in [0, 0.1) is 19.3 Å². The van der Waals surface area contributed by atoms with Crippen molar-refractivity contribution >= 4 is 90.8 Å². The summed E-state index contributed by atoms with van der Waals surface area (Å²) in [6, 6.07) is 28.1. The molecule has 0 amide bonds. The molecule has 0 saturated heterocycles. The van der Waals surface area contributed by atoms with Gasteiger partial charge in [0.1, 0.15) is 28.6 Å². The Morgan fingerprint density at radius 2 is 1.06 bits per heavy atom. The Morgan fingerprint density at radius 1 is 0.597 bits per heavy atom. The highest BCUT2D eigenvalue weighted by Gasteiger charge is 2.15. The summed E-state index contributed by atoms with van der Waals surface area (Å²) in [7, 11) is 1.63. The smallest absolute Gasteiger partial charge is 0.373 e. The van der Waals surface area contributed by atoms with Crippen molar-refractivity contribution in [2.24, 2.45) is 5.41 Å². The normalized spacial score (nSPS) is 9.30. The van der Waals surface area contributed by atoms with Crippen molar-refractivity contribution in [2.45, 2.75) is 84.6 Å². The van der Waals surface area contributed by atoms with Gasteiger partial charge in [0.2, 0.25) is 0 Å². The summed E-state index contributed by atoms with van der Waals surface area (Å²) in [4.78, 5) is 76.8. The predicted molar refractivity (Wildman–Crippen MR) is 301 cm³/mol. The van der Waals surface area contributed by atoms with E-state index in [4.69, 9.17) is 75.8 Å². The van der Waals surface area contributed by atoms with Crippen LogP contribution in [0.1, 0.15) is 92.5 Å². The maximum absolute atomic E-state index is 10.9. The molecule has 4 aromatic heterocycles. The third-order valence-corrected chi connectivity index (χ3v) is 9.43. The number of hydrogen-bond donors (Lipinski definition) is 5. The SMILES string of the molecule is C.C.C.C.CCCOc1ccc2nccc(N)c2c1.CCOc1ccc2ncc(C(=O)O)c(N)c2c1.COc1cccc2nc(C)cc(N)c12.Cc1cc(N)c2c(OCC(C)(C)C)cccc2n1.O=C=O.O=C=O.O=C=O. The highest BCUT2D eigenvalue weighted by atomic mass is 16.5. The first-order valence-corrected chi connectivity index (χ1v) is 22.1. The van der Waals surface area contributed by atoms with Crippen molar-refractivity contribution in [2.75, 3.05) is 49.9 Å². The van der Waals surface area contributed by atoms with Crippen LogP contribution in [0.3, 0.4) is 0 Å². The number of rotatable bonds is 9. The van der Waals surface area contributed by atoms with E-state index < -0.39 is 5.97 Å². The van der Waals surface area contributed by atoms with Crippen LogP contribution in [0.15, 0.2) is 103 Å². The van der Waals surface area contributed by atoms with Crippen LogP contribution >= 0.6 is 0 Å². The van der Waals surface area contributed by atoms with Gasteiger partial charge in [0.15, 0.2) is 0 Å². The zero-order valence-corrected chi connectivity index (χ0v) is 41.7. The molecule has 77 heavy (non-hydrogen) atoms. The van der Waals surface area contributed by atoms with Crippen LogP contribution in [0.25, 0.3) is 43.6 Å². The molecular weight excluding hydrogens is 989 g/mol. The highest BCUT2D eigenvalue weighted by Crippen LogP contribution is 2.32. The largest absolute Gasteiger partial charge is 0.496 e. The number of carboxylic acids is 1. The third-order valence-electron chi connectivity index (χ3n) is 9.43. The fourth-order valence-electron chi connectivity index (χ4n) is 6.50. The molecule has 0 fully saturated rings. The molecule has 8 rings (SSSR count). The topological polar surface area (TPSA) is 332 Å². The molecule has 0 aliphatic heterocycles. The van der Waals surface area contributed by atoms with E-state index >= 15 is 0 Å². The maximum Gasteiger partial charge on any atom is 0.373 e. The van der Waals surface area contributed by atoms with E-state index in [0.717, 1.165) is 85.7 Å². The number of aromatic nitrogens is 4. The molecule has 0 atom stereocenters. The van der Waals surface area contributed by atoms with Gasteiger partial charge in [0.05, 0.1) is 65.5 Å². The number of carbonyl (C=O) groups excluding carboxylic acids is 6. The van der Waals surface area contributed by atoms with E-state index in [0.29, 0.717) is 35.6 Å². The standard InChI is InChI=1S/C15H20N2O.C12H12N2O3.C12H14N2O.C11H12N2O.3CO2.4CH4/c1-10-8-11(16)14-12(17-10)6-5-7-13(14)18-9-15(2,3)4;1-2-17-7-3-4-10-8(5-7)11(13)9(6-14-10)12(15)16;1-2-7-15-9-3-4-12-10(8-9)11(13)5-6-14-12;1-7-6-8(12)11-9(13-7)4-3-5-10(11)14-2;3*2-1-3;;;;/h5-8H,9H2,1-4H3,(H2,16,17);3-6H,2H2,1H3,(H2,13,14)(H,15,16);3-6,8H,2,7H2,1H3,(H2,13,14);3-6H,1-2H3,(H2,12,13);;;;4*1H4. The Bertz CT molecular complexity index is 3170. The molecule has 4 aromatic carbocycles. The number of hydrogen-bond acceptors (Lipinski definition) is 19. The zero-order chi connectivity index (χ0) is 54.7. The van der Waals surface area contributed by atoms with Crippen molar-refractivity contribution in [1.29, 1.82) is 0 Å². The number of nitrogen functional groups attached to an aromatic ring is 4. The number of benzene rings is 4. The summed E-state index contributed by atoms with van der Waals surface area (Å²) in [5, 5.41) is 12.3. The monoisotopic (exact) mass is 1060 g/mol. The summed E-state index contributed by atoms with van der Waals surface area (Å²) < 4.78 is 22.0. The molecule has 20 nitrogen and oxygen atoms in total. The molecule has 0 aliphatic carbocycles. The van der Waals surface area contributed by atoms with Gasteiger partial charge in [-0.25, -0.2) is 4.79 Å². The second-order valence-electron chi connectivity index (χ2n) is 16.2. The van der Waals surface area contributed by atoms with Crippen LogP contribution in [-0.2, 0) is 28.8 Å². The van der Waals surface area contributed by atoms with Gasteiger partial charge in [-0.15, -0.1) is 0 Å². The molecule has 0 unspecified atom stereocenters. The quantitative estimate of drug-likeness (QED) is 0.0896. The van der Waals surface area contributed by atoms with Gasteiger partial charge in [0, 0.05) is 51.6 Å². The fourth-order valence-corrected chi connectivity index (χ4v) is 6.50. The van der Waals surface area contributed by atoms with E-state index in [9.17, 15) is 4.79 Å². The Kier molecular flexibility index (Phi) is 34.0. The summed E-state index contributed by atoms with van der Waals surface area (Å²) in [6.45, 7) is 16.2. The van der Waals surface area contributed by atoms with Gasteiger partial charge >= 0.3 is 24.4 Å². The van der Waals surface area contributed by atoms with E-state index in [1.54, 1.807) is 37.6 Å². The average molecular weight is 1060 g/mol. The lowest BCUT2D eigenvalue weighted by Crippen LogP contribution is -2.17. The molecule has 414 valence electrons. The Morgan fingerprint density at radius 3 is 1.53 bits per heavy atom. The van der Waals surface area contributed by atoms with Crippen LogP contribution < -0.4 is 41.9 Å². The van der Waals surface area contributed by atoms with Crippen molar-refractivity contribution in [3.8, 4) is 23.0 Å². The lowest BCUT2D eigenvalue weighted by atomic mass is 9.98. The molecular formula is C57H74N8O12. The summed E-state index contributed by atoms with van der Waals surface area (Å²) in [6.07, 6.45) is 4.73. The number of anilines is 4. The molecule has 0 saturated carbocycles. The van der Waals surface area contributed by atoms with Gasteiger partial charge < -0.3 is 47.0 Å². The molecule has 9 N–H and O–H groups in total. The number of fused-ring (bicyclic) bond motifs is 4. The first-order valence-electron chi connectivity index (χ1n) is 22.1. The molecule has 0 aliphatic rings. The lowest BCUT2D eigenvalue weighted by molar-refractivity contribution is -0.193. The number of aromatic carboxylic acids is 1. The second-order valence-corrected chi connectivity index (χ2v) is 16.2. The minimum atomic E-state index is -1.08. The van der Waals surface area contributed by atoms with E-state index in [1.165, 1.54) is 6.20 Å². The number of carboxylic acid groups (broad SMARTS) is 1. The van der Waals surface area contributed by atoms with E-state index in [1.807, 2.05) is 87.5 Å². The minimum Gasteiger partial charge on any atom is -0.496 e. The van der Waals surface area contributed by atoms with Gasteiger partial charge in [-0.3, -0.25) is 19.9 Å². The summed E-state index contributed by atoms with van der Waals surface area (Å²) in [5.74, 6) is 2.00. The Balaban J connectivity index is -0.000000887. The maximum atomic E-state index is 10.9. The lowest BCUT2D eigenvalue weighted by Gasteiger charge is -2.20. The third kappa shape index (κ3) is 22.7. The van der Waals surface area contributed by atoms with Gasteiger partial charge in [-0.05, 0) is 111 Å². The van der Waals surface area contributed by atoms with Crippen LogP contribution in [0.5, 0.6) is 23.0 Å². The summed E-state index contributed by atoms with van der Waals surface area (Å²) >= 11 is 0. The average Bonchev–Trinajstić information content (AvgIpc) is 3.34. The van der Waals surface area contributed by atoms with Gasteiger partial charge in [0.25, 0.3) is 0 Å². The fraction of sp³-hybridized carbons (Fsp3) is 0.298. The van der Waals surface area contributed by atoms with Crippen molar-refractivity contribution in [1.82, 2.24) is 19.9 Å². The van der Waals surface area contributed by atoms with E-state index in [2.05, 4.69) is 47.6 Å². The number of nitrogens with zero attached hydrogens (tertiary/aromatic N) is 4. The van der Waals surface area contributed by atoms with Crippen molar-refractivity contribution in [3.05, 3.63) is 120 Å². The zero-order valence-electron chi connectivity index (χ0n) is 41.7. The number of pyridine rings is 4. The van der Waals surface area contributed by atoms with Crippen LogP contribution in [-0.4, -0.2) is 76.4 Å². The molecule has 0 spiro atoms. The molecule has 8 aromatic rings. The van der Waals surface area contributed by atoms with Crippen LogP contribution in [0.4, 0.5) is 22.7 Å². The molecule has 20 heteroatoms. The first kappa shape index (κ1) is 71.8. The number of methoxy groups -OCH3 is 1. The minimum absolute atomic E-state index is 0. The highest BCUT2D eigenvalue weighted by molar-refractivity contribution is 6.03. The molecule has 0 bridgehead atoms. The number of ether oxygens (including phenoxy) is 4. The van der Waals surface area contributed by atoms with Gasteiger partial charge in [-0.1, -0.05) is 69.5 Å². The van der Waals surface area contributed by atoms with Crippen molar-refractivity contribution in [3.63, 3.8) is 0 Å². The Hall–Kier alpha value is -9.47. The first-order chi connectivity index (χ1) is 34.8. The molecule has 4 heterocycles. The number of nitrogens with two attached hydrogens (primary N) is 4.